The van der Waals surface area contributed by atoms with Crippen molar-refractivity contribution in [1.29, 1.82) is 0 Å². The third-order valence-corrected chi connectivity index (χ3v) is 13.8. The topological polar surface area (TPSA) is 87.0 Å². The standard InChI is InChI=1S/C37H56O5/c1-23(14-17-30(39)34(4,5)41)25-18-21-36(7)26(25)15-16-27-35(6)20-19-29(38)33(2,3)28(35)22-31(37(27,36)8)42-32(40)24-12-10-9-11-13-24/h9-13,25-31,38-39,41H,1,14-22H2,2-8H3. The van der Waals surface area contributed by atoms with Crippen LogP contribution in [-0.4, -0.2) is 45.2 Å². The molecule has 10 unspecified atom stereocenters. The minimum atomic E-state index is -1.12. The zero-order valence-electron chi connectivity index (χ0n) is 27.2. The number of rotatable bonds is 7. The summed E-state index contributed by atoms with van der Waals surface area (Å²) in [5, 5.41) is 32.0. The van der Waals surface area contributed by atoms with Crippen LogP contribution in [0.5, 0.6) is 0 Å². The normalized spacial score (nSPS) is 41.7. The van der Waals surface area contributed by atoms with Crippen molar-refractivity contribution in [2.75, 3.05) is 0 Å². The Kier molecular flexibility index (Phi) is 8.11. The summed E-state index contributed by atoms with van der Waals surface area (Å²) < 4.78 is 6.65. The second kappa shape index (κ2) is 10.7. The Morgan fingerprint density at radius 1 is 1.02 bits per heavy atom. The first kappa shape index (κ1) is 31.7. The summed E-state index contributed by atoms with van der Waals surface area (Å²) in [5.74, 6) is 1.20. The van der Waals surface area contributed by atoms with Crippen molar-refractivity contribution >= 4 is 5.97 Å². The Hall–Kier alpha value is -1.69. The molecule has 1 aromatic carbocycles. The fraction of sp³-hybridized carbons (Fsp3) is 0.757. The lowest BCUT2D eigenvalue weighted by molar-refractivity contribution is -0.261. The lowest BCUT2D eigenvalue weighted by atomic mass is 9.34. The van der Waals surface area contributed by atoms with Gasteiger partial charge in [-0.2, -0.15) is 0 Å². The molecule has 42 heavy (non-hydrogen) atoms. The van der Waals surface area contributed by atoms with Crippen LogP contribution in [0, 0.1) is 45.3 Å². The molecule has 1 aromatic rings. The van der Waals surface area contributed by atoms with Gasteiger partial charge in [-0.05, 0) is 124 Å². The Balaban J connectivity index is 1.50. The van der Waals surface area contributed by atoms with Crippen LogP contribution in [0.3, 0.4) is 0 Å². The highest BCUT2D eigenvalue weighted by atomic mass is 16.5. The van der Waals surface area contributed by atoms with Crippen molar-refractivity contribution in [3.63, 3.8) is 0 Å². The summed E-state index contributed by atoms with van der Waals surface area (Å²) in [4.78, 5) is 13.7. The highest BCUT2D eigenvalue weighted by molar-refractivity contribution is 5.89. The number of carbonyl (C=O) groups is 1. The van der Waals surface area contributed by atoms with Crippen LogP contribution in [0.15, 0.2) is 42.5 Å². The number of hydrogen-bond acceptors (Lipinski definition) is 5. The SMILES string of the molecule is C=C(CCC(O)C(C)(C)O)C1CCC2(C)C1CCC1C3(C)CCC(O)C(C)(C)C3CC(OC(=O)c3ccccc3)C12C. The molecule has 234 valence electrons. The van der Waals surface area contributed by atoms with Gasteiger partial charge in [0, 0.05) is 5.41 Å². The van der Waals surface area contributed by atoms with Gasteiger partial charge < -0.3 is 20.1 Å². The number of ether oxygens (including phenoxy) is 1. The van der Waals surface area contributed by atoms with Crippen LogP contribution in [0.1, 0.15) is 117 Å². The molecule has 0 heterocycles. The molecule has 0 aromatic heterocycles. The molecule has 0 aliphatic heterocycles. The molecular formula is C37H56O5. The molecule has 4 aliphatic carbocycles. The predicted molar refractivity (Wildman–Crippen MR) is 167 cm³/mol. The Morgan fingerprint density at radius 2 is 1.69 bits per heavy atom. The highest BCUT2D eigenvalue weighted by Gasteiger charge is 2.72. The summed E-state index contributed by atoms with van der Waals surface area (Å²) in [5.41, 5.74) is 0.217. The summed E-state index contributed by atoms with van der Waals surface area (Å²) in [6, 6.07) is 9.38. The maximum Gasteiger partial charge on any atom is 0.338 e. The van der Waals surface area contributed by atoms with E-state index < -0.39 is 11.7 Å². The number of aliphatic hydroxyl groups is 3. The van der Waals surface area contributed by atoms with Crippen molar-refractivity contribution in [2.24, 2.45) is 45.3 Å². The molecule has 3 N–H and O–H groups in total. The molecule has 10 atom stereocenters. The van der Waals surface area contributed by atoms with E-state index in [4.69, 9.17) is 4.74 Å². The van der Waals surface area contributed by atoms with E-state index in [1.807, 2.05) is 30.3 Å². The van der Waals surface area contributed by atoms with Gasteiger partial charge in [-0.15, -0.1) is 0 Å². The summed E-state index contributed by atoms with van der Waals surface area (Å²) in [6.07, 6.45) is 6.79. The van der Waals surface area contributed by atoms with Gasteiger partial charge in [0.1, 0.15) is 6.10 Å². The number of fused-ring (bicyclic) bond motifs is 5. The smallest absolute Gasteiger partial charge is 0.338 e. The van der Waals surface area contributed by atoms with Gasteiger partial charge in [0.25, 0.3) is 0 Å². The van der Waals surface area contributed by atoms with Crippen molar-refractivity contribution < 1.29 is 24.9 Å². The van der Waals surface area contributed by atoms with E-state index in [9.17, 15) is 20.1 Å². The molecule has 5 rings (SSSR count). The van der Waals surface area contributed by atoms with E-state index in [0.29, 0.717) is 36.2 Å². The van der Waals surface area contributed by atoms with Gasteiger partial charge in [0.05, 0.1) is 23.4 Å². The van der Waals surface area contributed by atoms with Gasteiger partial charge in [-0.3, -0.25) is 0 Å². The minimum absolute atomic E-state index is 0.0335. The van der Waals surface area contributed by atoms with Crippen LogP contribution < -0.4 is 0 Å². The summed E-state index contributed by atoms with van der Waals surface area (Å²) in [7, 11) is 0. The van der Waals surface area contributed by atoms with Crippen LogP contribution >= 0.6 is 0 Å². The molecule has 0 saturated heterocycles. The molecule has 5 nitrogen and oxygen atoms in total. The maximum atomic E-state index is 13.7. The number of benzene rings is 1. The van der Waals surface area contributed by atoms with E-state index in [2.05, 4.69) is 41.2 Å². The van der Waals surface area contributed by atoms with Crippen molar-refractivity contribution in [3.8, 4) is 0 Å². The second-order valence-corrected chi connectivity index (χ2v) is 16.4. The fourth-order valence-corrected chi connectivity index (χ4v) is 10.9. The van der Waals surface area contributed by atoms with Crippen LogP contribution in [0.25, 0.3) is 0 Å². The monoisotopic (exact) mass is 580 g/mol. The molecular weight excluding hydrogens is 524 g/mol. The first-order valence-electron chi connectivity index (χ1n) is 16.5. The van der Waals surface area contributed by atoms with Crippen LogP contribution in [-0.2, 0) is 4.74 Å². The average molecular weight is 581 g/mol. The minimum Gasteiger partial charge on any atom is -0.458 e. The predicted octanol–water partition coefficient (Wildman–Crippen LogP) is 7.34. The van der Waals surface area contributed by atoms with Gasteiger partial charge in [-0.1, -0.05) is 65.0 Å². The third-order valence-electron chi connectivity index (χ3n) is 13.8. The quantitative estimate of drug-likeness (QED) is 0.232. The van der Waals surface area contributed by atoms with E-state index in [1.54, 1.807) is 13.8 Å². The molecule has 0 radical (unpaired) electrons. The first-order chi connectivity index (χ1) is 19.5. The van der Waals surface area contributed by atoms with E-state index >= 15 is 0 Å². The average Bonchev–Trinajstić information content (AvgIpc) is 3.29. The van der Waals surface area contributed by atoms with Crippen molar-refractivity contribution in [2.45, 2.75) is 130 Å². The van der Waals surface area contributed by atoms with E-state index in [1.165, 1.54) is 5.57 Å². The molecule has 4 saturated carbocycles. The number of esters is 1. The maximum absolute atomic E-state index is 13.7. The third kappa shape index (κ3) is 4.81. The van der Waals surface area contributed by atoms with Gasteiger partial charge in [0.2, 0.25) is 0 Å². The molecule has 4 aliphatic rings. The van der Waals surface area contributed by atoms with Gasteiger partial charge in [-0.25, -0.2) is 4.79 Å². The lowest BCUT2D eigenvalue weighted by Gasteiger charge is -2.71. The van der Waals surface area contributed by atoms with Crippen molar-refractivity contribution in [1.82, 2.24) is 0 Å². The van der Waals surface area contributed by atoms with E-state index in [0.717, 1.165) is 44.9 Å². The first-order valence-corrected chi connectivity index (χ1v) is 16.5. The summed E-state index contributed by atoms with van der Waals surface area (Å²) in [6.45, 7) is 19.7. The molecule has 0 spiro atoms. The van der Waals surface area contributed by atoms with Gasteiger partial charge in [0.15, 0.2) is 0 Å². The Morgan fingerprint density at radius 3 is 2.33 bits per heavy atom. The van der Waals surface area contributed by atoms with E-state index in [-0.39, 0.29) is 45.8 Å². The largest absolute Gasteiger partial charge is 0.458 e. The van der Waals surface area contributed by atoms with Crippen LogP contribution in [0.2, 0.25) is 0 Å². The molecule has 0 bridgehead atoms. The molecule has 5 heteroatoms. The Labute approximate surface area is 254 Å². The highest BCUT2D eigenvalue weighted by Crippen LogP contribution is 2.76. The zero-order valence-corrected chi connectivity index (χ0v) is 27.2. The summed E-state index contributed by atoms with van der Waals surface area (Å²) >= 11 is 0. The zero-order chi connectivity index (χ0) is 30.9. The lowest BCUT2D eigenvalue weighted by Crippen LogP contribution is -2.69. The second-order valence-electron chi connectivity index (χ2n) is 16.4. The number of carbonyl (C=O) groups excluding carboxylic acids is 1. The molecule has 4 fully saturated rings. The molecule has 0 amide bonds. The number of hydrogen-bond donors (Lipinski definition) is 3. The fourth-order valence-electron chi connectivity index (χ4n) is 10.9. The number of aliphatic hydroxyl groups excluding tert-OH is 2. The number of allylic oxidation sites excluding steroid dienone is 1. The van der Waals surface area contributed by atoms with Gasteiger partial charge >= 0.3 is 5.97 Å². The Bertz CT molecular complexity index is 1170. The van der Waals surface area contributed by atoms with Crippen LogP contribution in [0.4, 0.5) is 0 Å². The van der Waals surface area contributed by atoms with Crippen molar-refractivity contribution in [3.05, 3.63) is 48.0 Å².